The number of benzene rings is 2. The van der Waals surface area contributed by atoms with Gasteiger partial charge in [-0.25, -0.2) is 14.6 Å². The number of rotatable bonds is 8. The first-order valence-corrected chi connectivity index (χ1v) is 13.3. The highest BCUT2D eigenvalue weighted by molar-refractivity contribution is 6.30. The first-order valence-electron chi connectivity index (χ1n) is 12.9. The topological polar surface area (TPSA) is 116 Å². The van der Waals surface area contributed by atoms with Gasteiger partial charge >= 0.3 is 5.97 Å². The highest BCUT2D eigenvalue weighted by Crippen LogP contribution is 2.43. The summed E-state index contributed by atoms with van der Waals surface area (Å²) in [6.07, 6.45) is 3.03. The van der Waals surface area contributed by atoms with Crippen LogP contribution in [0, 0.1) is 5.82 Å². The monoisotopic (exact) mass is 569 g/mol. The van der Waals surface area contributed by atoms with Crippen LogP contribution in [-0.4, -0.2) is 72.0 Å². The van der Waals surface area contributed by atoms with E-state index in [-0.39, 0.29) is 34.3 Å². The number of halogens is 2. The van der Waals surface area contributed by atoms with Gasteiger partial charge in [0.2, 0.25) is 5.43 Å². The second-order valence-corrected chi connectivity index (χ2v) is 10.4. The smallest absolute Gasteiger partial charge is 0.341 e. The van der Waals surface area contributed by atoms with Crippen molar-refractivity contribution in [1.82, 2.24) is 14.9 Å². The quantitative estimate of drug-likeness (QED) is 0.313. The number of hydrazone groups is 1. The molecule has 12 heteroatoms. The number of ether oxygens (including phenoxy) is 1. The Balaban J connectivity index is 1.32. The molecule has 3 aromatic rings. The lowest BCUT2D eigenvalue weighted by molar-refractivity contribution is 0.0694. The van der Waals surface area contributed by atoms with E-state index in [4.69, 9.17) is 16.3 Å². The zero-order valence-electron chi connectivity index (χ0n) is 22.1. The van der Waals surface area contributed by atoms with Crippen LogP contribution < -0.4 is 20.5 Å². The average molecular weight is 570 g/mol. The van der Waals surface area contributed by atoms with Crippen LogP contribution >= 0.6 is 11.6 Å². The standard InChI is InChI=1S/C28H29ClFN5O5/c1-16(31-32-27(37)17-3-5-18(29)6-4-17)14-33-9-11-34(12-10-33)24-22(30)13-20-23(26(24)40-2)35(19-7-8-19)15-21(25(20)36)28(38)39/h3-6,13,15,19H,7-12,14H2,1-2H3,(H,32,37)(H,38,39)/b31-16+. The molecule has 1 amide bonds. The number of aromatic nitrogens is 1. The molecule has 0 radical (unpaired) electrons. The van der Waals surface area contributed by atoms with Crippen LogP contribution in [0.4, 0.5) is 10.1 Å². The lowest BCUT2D eigenvalue weighted by atomic mass is 10.1. The minimum atomic E-state index is -1.34. The molecule has 2 heterocycles. The van der Waals surface area contributed by atoms with E-state index in [1.165, 1.54) is 13.3 Å². The molecular weight excluding hydrogens is 541 g/mol. The maximum absolute atomic E-state index is 15.6. The Hall–Kier alpha value is -3.96. The van der Waals surface area contributed by atoms with E-state index >= 15 is 4.39 Å². The Morgan fingerprint density at radius 2 is 1.85 bits per heavy atom. The molecule has 1 saturated carbocycles. The van der Waals surface area contributed by atoms with Crippen molar-refractivity contribution in [2.75, 3.05) is 44.7 Å². The number of anilines is 1. The van der Waals surface area contributed by atoms with Gasteiger partial charge in [0.05, 0.1) is 18.0 Å². The number of nitrogens with zero attached hydrogens (tertiary/aromatic N) is 4. The number of pyridine rings is 1. The van der Waals surface area contributed by atoms with Crippen molar-refractivity contribution in [2.45, 2.75) is 25.8 Å². The third-order valence-corrected chi connectivity index (χ3v) is 7.42. The first kappa shape index (κ1) is 27.6. The second kappa shape index (κ2) is 11.3. The molecule has 5 rings (SSSR count). The van der Waals surface area contributed by atoms with Crippen LogP contribution in [-0.2, 0) is 0 Å². The zero-order chi connectivity index (χ0) is 28.6. The van der Waals surface area contributed by atoms with Gasteiger partial charge in [0.25, 0.3) is 5.91 Å². The molecule has 0 bridgehead atoms. The van der Waals surface area contributed by atoms with Crippen LogP contribution in [0.5, 0.6) is 5.75 Å². The molecule has 2 aliphatic rings. The van der Waals surface area contributed by atoms with Crippen molar-refractivity contribution < 1.29 is 23.8 Å². The van der Waals surface area contributed by atoms with E-state index in [9.17, 15) is 19.5 Å². The SMILES string of the molecule is COc1c(N2CCN(C/C(C)=N/NC(=O)c3ccc(Cl)cc3)CC2)c(F)cc2c(=O)c(C(=O)O)cn(C3CC3)c12. The Kier molecular flexibility index (Phi) is 7.77. The van der Waals surface area contributed by atoms with E-state index in [1.807, 2.05) is 11.8 Å². The molecule has 10 nitrogen and oxygen atoms in total. The van der Waals surface area contributed by atoms with Crippen molar-refractivity contribution in [3.8, 4) is 5.75 Å². The lowest BCUT2D eigenvalue weighted by Crippen LogP contribution is -2.48. The third kappa shape index (κ3) is 5.52. The fraction of sp³-hybridized carbons (Fsp3) is 0.357. The number of amides is 1. The Morgan fingerprint density at radius 3 is 2.45 bits per heavy atom. The molecule has 2 aromatic carbocycles. The number of carboxylic acid groups (broad SMARTS) is 1. The fourth-order valence-corrected chi connectivity index (χ4v) is 5.15. The van der Waals surface area contributed by atoms with Gasteiger partial charge in [-0.05, 0) is 50.1 Å². The van der Waals surface area contributed by atoms with Crippen molar-refractivity contribution in [2.24, 2.45) is 5.10 Å². The van der Waals surface area contributed by atoms with Gasteiger partial charge in [-0.2, -0.15) is 5.10 Å². The summed E-state index contributed by atoms with van der Waals surface area (Å²) in [5, 5.41) is 14.3. The van der Waals surface area contributed by atoms with Crippen LogP contribution in [0.1, 0.15) is 46.5 Å². The molecule has 210 valence electrons. The summed E-state index contributed by atoms with van der Waals surface area (Å²) >= 11 is 5.87. The van der Waals surface area contributed by atoms with Crippen LogP contribution in [0.2, 0.25) is 5.02 Å². The van der Waals surface area contributed by atoms with Gasteiger partial charge in [-0.3, -0.25) is 14.5 Å². The normalized spacial score (nSPS) is 16.3. The first-order chi connectivity index (χ1) is 19.2. The summed E-state index contributed by atoms with van der Waals surface area (Å²) in [5.41, 5.74) is 3.28. The summed E-state index contributed by atoms with van der Waals surface area (Å²) in [5.74, 6) is -2.08. The summed E-state index contributed by atoms with van der Waals surface area (Å²) < 4.78 is 23.0. The van der Waals surface area contributed by atoms with E-state index in [2.05, 4.69) is 15.4 Å². The van der Waals surface area contributed by atoms with E-state index in [1.54, 1.807) is 28.8 Å². The van der Waals surface area contributed by atoms with Crippen molar-refractivity contribution in [3.05, 3.63) is 68.7 Å². The molecule has 1 aliphatic carbocycles. The van der Waals surface area contributed by atoms with Gasteiger partial charge in [-0.1, -0.05) is 11.6 Å². The number of methoxy groups -OCH3 is 1. The van der Waals surface area contributed by atoms with Gasteiger partial charge in [0, 0.05) is 61.3 Å². The van der Waals surface area contributed by atoms with Gasteiger partial charge < -0.3 is 19.3 Å². The number of aromatic carboxylic acids is 1. The minimum absolute atomic E-state index is 0.00369. The highest BCUT2D eigenvalue weighted by Gasteiger charge is 2.32. The number of carbonyl (C=O) groups is 2. The summed E-state index contributed by atoms with van der Waals surface area (Å²) in [6.45, 7) is 4.53. The molecule has 1 aliphatic heterocycles. The number of hydrogen-bond acceptors (Lipinski definition) is 7. The minimum Gasteiger partial charge on any atom is -0.492 e. The number of nitrogens with one attached hydrogen (secondary N) is 1. The van der Waals surface area contributed by atoms with Crippen LogP contribution in [0.15, 0.2) is 46.4 Å². The summed E-state index contributed by atoms with van der Waals surface area (Å²) in [4.78, 5) is 40.9. The van der Waals surface area contributed by atoms with Gasteiger partial charge in [0.1, 0.15) is 11.3 Å². The molecular formula is C28H29ClFN5O5. The maximum Gasteiger partial charge on any atom is 0.341 e. The second-order valence-electron chi connectivity index (χ2n) is 10.0. The Bertz CT molecular complexity index is 1560. The molecule has 2 fully saturated rings. The third-order valence-electron chi connectivity index (χ3n) is 7.17. The Labute approximate surface area is 234 Å². The number of carbonyl (C=O) groups excluding carboxylic acids is 1. The Morgan fingerprint density at radius 1 is 1.18 bits per heavy atom. The molecule has 0 atom stereocenters. The highest BCUT2D eigenvalue weighted by atomic mass is 35.5. The summed E-state index contributed by atoms with van der Waals surface area (Å²) in [7, 11) is 1.43. The molecule has 0 unspecified atom stereocenters. The average Bonchev–Trinajstić information content (AvgIpc) is 3.78. The van der Waals surface area contributed by atoms with E-state index < -0.39 is 17.2 Å². The molecule has 2 N–H and O–H groups in total. The maximum atomic E-state index is 15.6. The lowest BCUT2D eigenvalue weighted by Gasteiger charge is -2.37. The van der Waals surface area contributed by atoms with Crippen molar-refractivity contribution in [1.29, 1.82) is 0 Å². The van der Waals surface area contributed by atoms with E-state index in [0.717, 1.165) is 18.9 Å². The largest absolute Gasteiger partial charge is 0.492 e. The number of piperazine rings is 1. The number of carboxylic acids is 1. The zero-order valence-corrected chi connectivity index (χ0v) is 22.9. The molecule has 40 heavy (non-hydrogen) atoms. The van der Waals surface area contributed by atoms with Gasteiger partial charge in [0.15, 0.2) is 11.6 Å². The predicted molar refractivity (Wildman–Crippen MR) is 151 cm³/mol. The number of hydrogen-bond donors (Lipinski definition) is 2. The van der Waals surface area contributed by atoms with Crippen LogP contribution in [0.3, 0.4) is 0 Å². The predicted octanol–water partition coefficient (Wildman–Crippen LogP) is 3.76. The van der Waals surface area contributed by atoms with Crippen LogP contribution in [0.25, 0.3) is 10.9 Å². The van der Waals surface area contributed by atoms with Crippen molar-refractivity contribution in [3.63, 3.8) is 0 Å². The molecule has 1 saturated heterocycles. The van der Waals surface area contributed by atoms with Gasteiger partial charge in [-0.15, -0.1) is 0 Å². The van der Waals surface area contributed by atoms with E-state index in [0.29, 0.717) is 54.5 Å². The molecule has 1 aromatic heterocycles. The molecule has 0 spiro atoms. The number of fused-ring (bicyclic) bond motifs is 1. The van der Waals surface area contributed by atoms with Crippen molar-refractivity contribution >= 4 is 45.8 Å². The summed E-state index contributed by atoms with van der Waals surface area (Å²) in [6, 6.07) is 7.69. The fourth-order valence-electron chi connectivity index (χ4n) is 5.02.